The molecule has 0 heterocycles. The van der Waals surface area contributed by atoms with Crippen molar-refractivity contribution in [3.8, 4) is 0 Å². The summed E-state index contributed by atoms with van der Waals surface area (Å²) in [7, 11) is 3.86. The monoisotopic (exact) mass is 145 g/mol. The summed E-state index contributed by atoms with van der Waals surface area (Å²) in [6.45, 7) is 7.36. The SMILES string of the molecule is COC[C@@H](C)N(C)C(C)C. The van der Waals surface area contributed by atoms with E-state index in [1.165, 1.54) is 0 Å². The van der Waals surface area contributed by atoms with E-state index in [2.05, 4.69) is 32.7 Å². The fraction of sp³-hybridized carbons (Fsp3) is 1.00. The first-order valence-corrected chi connectivity index (χ1v) is 3.80. The Hall–Kier alpha value is -0.0800. The Balaban J connectivity index is 3.58. The van der Waals surface area contributed by atoms with E-state index in [0.717, 1.165) is 6.61 Å². The summed E-state index contributed by atoms with van der Waals surface area (Å²) in [6.07, 6.45) is 0. The van der Waals surface area contributed by atoms with Crippen LogP contribution in [-0.4, -0.2) is 37.7 Å². The normalized spacial score (nSPS) is 14.7. The first kappa shape index (κ1) is 9.92. The number of hydrogen-bond donors (Lipinski definition) is 0. The molecule has 0 saturated carbocycles. The molecule has 0 spiro atoms. The second-order valence-corrected chi connectivity index (χ2v) is 3.06. The first-order valence-electron chi connectivity index (χ1n) is 3.80. The Labute approximate surface area is 64.2 Å². The minimum absolute atomic E-state index is 0.519. The van der Waals surface area contributed by atoms with E-state index in [0.29, 0.717) is 12.1 Å². The molecule has 1 atom stereocenters. The molecule has 0 amide bonds. The van der Waals surface area contributed by atoms with Gasteiger partial charge in [0.25, 0.3) is 0 Å². The molecule has 0 unspecified atom stereocenters. The van der Waals surface area contributed by atoms with Crippen molar-refractivity contribution in [2.75, 3.05) is 20.8 Å². The number of nitrogens with zero attached hydrogens (tertiary/aromatic N) is 1. The zero-order valence-electron chi connectivity index (χ0n) is 7.72. The molecule has 0 aromatic heterocycles. The Morgan fingerprint density at radius 2 is 1.80 bits per heavy atom. The van der Waals surface area contributed by atoms with Gasteiger partial charge in [0.1, 0.15) is 0 Å². The molecule has 0 aliphatic carbocycles. The predicted octanol–water partition coefficient (Wildman–Crippen LogP) is 1.36. The molecule has 0 fully saturated rings. The minimum Gasteiger partial charge on any atom is -0.383 e. The average molecular weight is 145 g/mol. The van der Waals surface area contributed by atoms with Gasteiger partial charge in [-0.15, -0.1) is 0 Å². The molecule has 0 N–H and O–H groups in total. The molecule has 0 bridgehead atoms. The number of hydrogen-bond acceptors (Lipinski definition) is 2. The maximum absolute atomic E-state index is 5.03. The fourth-order valence-corrected chi connectivity index (χ4v) is 0.868. The Kier molecular flexibility index (Phi) is 4.65. The Bertz CT molecular complexity index is 83.3. The molecule has 0 aliphatic heterocycles. The molecular formula is C8H19NO. The highest BCUT2D eigenvalue weighted by atomic mass is 16.5. The van der Waals surface area contributed by atoms with Crippen LogP contribution in [0.2, 0.25) is 0 Å². The van der Waals surface area contributed by atoms with E-state index < -0.39 is 0 Å². The van der Waals surface area contributed by atoms with Crippen LogP contribution in [0.3, 0.4) is 0 Å². The maximum Gasteiger partial charge on any atom is 0.0615 e. The third kappa shape index (κ3) is 3.18. The molecule has 62 valence electrons. The van der Waals surface area contributed by atoms with Crippen molar-refractivity contribution in [2.45, 2.75) is 32.9 Å². The van der Waals surface area contributed by atoms with Crippen LogP contribution in [0.1, 0.15) is 20.8 Å². The highest BCUT2D eigenvalue weighted by Gasteiger charge is 2.10. The second kappa shape index (κ2) is 4.69. The van der Waals surface area contributed by atoms with Gasteiger partial charge in [0.05, 0.1) is 6.61 Å². The fourth-order valence-electron chi connectivity index (χ4n) is 0.868. The first-order chi connectivity index (χ1) is 4.59. The number of rotatable bonds is 4. The third-order valence-corrected chi connectivity index (χ3v) is 1.92. The minimum atomic E-state index is 0.519. The van der Waals surface area contributed by atoms with Gasteiger partial charge >= 0.3 is 0 Å². The molecule has 0 rings (SSSR count). The van der Waals surface area contributed by atoms with Crippen LogP contribution in [0.15, 0.2) is 0 Å². The van der Waals surface area contributed by atoms with Crippen LogP contribution >= 0.6 is 0 Å². The van der Waals surface area contributed by atoms with Crippen molar-refractivity contribution in [2.24, 2.45) is 0 Å². The van der Waals surface area contributed by atoms with Crippen molar-refractivity contribution in [3.05, 3.63) is 0 Å². The Morgan fingerprint density at radius 1 is 1.30 bits per heavy atom. The standard InChI is InChI=1S/C8H19NO/c1-7(2)9(4)8(3)6-10-5/h7-8H,6H2,1-5H3/t8-/m1/s1. The summed E-state index contributed by atoms with van der Waals surface area (Å²) in [6, 6.07) is 1.12. The zero-order valence-corrected chi connectivity index (χ0v) is 7.72. The van der Waals surface area contributed by atoms with Crippen molar-refractivity contribution < 1.29 is 4.74 Å². The summed E-state index contributed by atoms with van der Waals surface area (Å²) in [5.74, 6) is 0. The quantitative estimate of drug-likeness (QED) is 0.592. The lowest BCUT2D eigenvalue weighted by Crippen LogP contribution is -2.37. The molecule has 0 radical (unpaired) electrons. The van der Waals surface area contributed by atoms with Gasteiger partial charge in [-0.2, -0.15) is 0 Å². The second-order valence-electron chi connectivity index (χ2n) is 3.06. The van der Waals surface area contributed by atoms with Crippen molar-refractivity contribution in [1.29, 1.82) is 0 Å². The van der Waals surface area contributed by atoms with Gasteiger partial charge < -0.3 is 4.74 Å². The number of likely N-dealkylation sites (N-methyl/N-ethyl adjacent to an activating group) is 1. The molecule has 2 heteroatoms. The van der Waals surface area contributed by atoms with E-state index in [1.54, 1.807) is 7.11 Å². The van der Waals surface area contributed by atoms with Gasteiger partial charge in [-0.1, -0.05) is 0 Å². The smallest absolute Gasteiger partial charge is 0.0615 e. The molecule has 2 nitrogen and oxygen atoms in total. The van der Waals surface area contributed by atoms with Crippen molar-refractivity contribution in [3.63, 3.8) is 0 Å². The number of ether oxygens (including phenoxy) is 1. The summed E-state index contributed by atoms with van der Waals surface area (Å²) >= 11 is 0. The van der Waals surface area contributed by atoms with Crippen LogP contribution in [0, 0.1) is 0 Å². The summed E-state index contributed by atoms with van der Waals surface area (Å²) in [5, 5.41) is 0. The zero-order chi connectivity index (χ0) is 8.15. The molecule has 0 aromatic rings. The van der Waals surface area contributed by atoms with Crippen LogP contribution in [0.4, 0.5) is 0 Å². The molecule has 10 heavy (non-hydrogen) atoms. The van der Waals surface area contributed by atoms with Crippen LogP contribution in [-0.2, 0) is 4.74 Å². The van der Waals surface area contributed by atoms with E-state index >= 15 is 0 Å². The van der Waals surface area contributed by atoms with Gasteiger partial charge in [-0.05, 0) is 27.8 Å². The topological polar surface area (TPSA) is 12.5 Å². The molecule has 0 aliphatic rings. The number of methoxy groups -OCH3 is 1. The van der Waals surface area contributed by atoms with Crippen molar-refractivity contribution >= 4 is 0 Å². The van der Waals surface area contributed by atoms with E-state index in [4.69, 9.17) is 4.74 Å². The van der Waals surface area contributed by atoms with Gasteiger partial charge in [0, 0.05) is 19.2 Å². The summed E-state index contributed by atoms with van der Waals surface area (Å²) in [4.78, 5) is 2.30. The van der Waals surface area contributed by atoms with E-state index in [-0.39, 0.29) is 0 Å². The molecular weight excluding hydrogens is 126 g/mol. The third-order valence-electron chi connectivity index (χ3n) is 1.92. The molecule has 0 saturated heterocycles. The van der Waals surface area contributed by atoms with Gasteiger partial charge in [-0.25, -0.2) is 0 Å². The van der Waals surface area contributed by atoms with Gasteiger partial charge in [-0.3, -0.25) is 4.90 Å². The van der Waals surface area contributed by atoms with Crippen molar-refractivity contribution in [1.82, 2.24) is 4.90 Å². The largest absolute Gasteiger partial charge is 0.383 e. The van der Waals surface area contributed by atoms with Crippen LogP contribution < -0.4 is 0 Å². The lowest BCUT2D eigenvalue weighted by molar-refractivity contribution is 0.0986. The van der Waals surface area contributed by atoms with E-state index in [1.807, 2.05) is 0 Å². The van der Waals surface area contributed by atoms with Crippen LogP contribution in [0.25, 0.3) is 0 Å². The van der Waals surface area contributed by atoms with Crippen LogP contribution in [0.5, 0.6) is 0 Å². The molecule has 0 aromatic carbocycles. The Morgan fingerprint density at radius 3 is 2.10 bits per heavy atom. The lowest BCUT2D eigenvalue weighted by atomic mass is 10.2. The summed E-state index contributed by atoms with van der Waals surface area (Å²) < 4.78 is 5.03. The lowest BCUT2D eigenvalue weighted by Gasteiger charge is -2.27. The van der Waals surface area contributed by atoms with Gasteiger partial charge in [0.2, 0.25) is 0 Å². The average Bonchev–Trinajstić information content (AvgIpc) is 1.87. The highest BCUT2D eigenvalue weighted by molar-refractivity contribution is 4.65. The highest BCUT2D eigenvalue weighted by Crippen LogP contribution is 2.00. The maximum atomic E-state index is 5.03. The van der Waals surface area contributed by atoms with Gasteiger partial charge in [0.15, 0.2) is 0 Å². The summed E-state index contributed by atoms with van der Waals surface area (Å²) in [5.41, 5.74) is 0. The van der Waals surface area contributed by atoms with E-state index in [9.17, 15) is 0 Å². The predicted molar refractivity (Wildman–Crippen MR) is 44.2 cm³/mol.